The number of amides is 3. The zero-order chi connectivity index (χ0) is 46.0. The van der Waals surface area contributed by atoms with Crippen LogP contribution in [0.4, 0.5) is 30.7 Å². The Hall–Kier alpha value is -5.17. The Morgan fingerprint density at radius 1 is 0.891 bits per heavy atom. The number of hydrogen-bond acceptors (Lipinski definition) is 8. The first kappa shape index (κ1) is 46.8. The van der Waals surface area contributed by atoms with E-state index in [1.54, 1.807) is 36.0 Å². The largest absolute Gasteiger partial charge is 0.416 e. The van der Waals surface area contributed by atoms with Crippen LogP contribution in [0.2, 0.25) is 0 Å². The van der Waals surface area contributed by atoms with Crippen molar-refractivity contribution in [2.45, 2.75) is 61.6 Å². The highest BCUT2D eigenvalue weighted by atomic mass is 32.1. The molecule has 2 fully saturated rings. The van der Waals surface area contributed by atoms with Gasteiger partial charge in [0.15, 0.2) is 6.29 Å². The van der Waals surface area contributed by atoms with Gasteiger partial charge in [-0.15, -0.1) is 11.3 Å². The lowest BCUT2D eigenvalue weighted by Gasteiger charge is -2.44. The van der Waals surface area contributed by atoms with E-state index in [4.69, 9.17) is 9.47 Å². The molecule has 1 aromatic heterocycles. The number of benzene rings is 3. The molecule has 0 saturated carbocycles. The maximum absolute atomic E-state index is 14.1. The Morgan fingerprint density at radius 3 is 2.19 bits per heavy atom. The van der Waals surface area contributed by atoms with Gasteiger partial charge in [-0.05, 0) is 104 Å². The van der Waals surface area contributed by atoms with Crippen molar-refractivity contribution in [3.05, 3.63) is 128 Å². The molecular formula is C46H47F7N4O6S. The zero-order valence-corrected chi connectivity index (χ0v) is 36.0. The summed E-state index contributed by atoms with van der Waals surface area (Å²) in [6.07, 6.45) is -7.07. The van der Waals surface area contributed by atoms with Crippen LogP contribution in [-0.4, -0.2) is 116 Å². The molecule has 2 aliphatic heterocycles. The molecule has 2 saturated heterocycles. The van der Waals surface area contributed by atoms with Crippen LogP contribution in [0.25, 0.3) is 0 Å². The van der Waals surface area contributed by atoms with Crippen molar-refractivity contribution in [3.63, 3.8) is 0 Å². The van der Waals surface area contributed by atoms with Gasteiger partial charge in [0.25, 0.3) is 11.8 Å². The quantitative estimate of drug-likeness (QED) is 0.0933. The van der Waals surface area contributed by atoms with Crippen molar-refractivity contribution in [2.24, 2.45) is 0 Å². The minimum Gasteiger partial charge on any atom is -0.367 e. The zero-order valence-electron chi connectivity index (χ0n) is 35.1. The first-order chi connectivity index (χ1) is 30.3. The summed E-state index contributed by atoms with van der Waals surface area (Å²) in [5, 5.41) is 0. The van der Waals surface area contributed by atoms with Gasteiger partial charge in [-0.2, -0.15) is 26.3 Å². The molecule has 3 aromatic carbocycles. The van der Waals surface area contributed by atoms with Crippen LogP contribution < -0.4 is 0 Å². The average molecular weight is 917 g/mol. The summed E-state index contributed by atoms with van der Waals surface area (Å²) in [5.74, 6) is -1.99. The molecule has 0 unspecified atom stereocenters. The van der Waals surface area contributed by atoms with Crippen LogP contribution >= 0.6 is 11.3 Å². The van der Waals surface area contributed by atoms with E-state index in [0.717, 1.165) is 21.8 Å². The Morgan fingerprint density at radius 2 is 1.55 bits per heavy atom. The fraction of sp³-hybridized carbons (Fsp3) is 0.435. The van der Waals surface area contributed by atoms with E-state index in [0.29, 0.717) is 92.1 Å². The molecule has 342 valence electrons. The first-order valence-electron chi connectivity index (χ1n) is 20.8. The number of hydrogen-bond donors (Lipinski definition) is 0. The number of thiophene rings is 1. The number of fused-ring (bicyclic) bond motifs is 2. The van der Waals surface area contributed by atoms with Crippen LogP contribution in [0.15, 0.2) is 78.9 Å². The second-order valence-corrected chi connectivity index (χ2v) is 17.8. The normalized spacial score (nSPS) is 19.8. The van der Waals surface area contributed by atoms with Gasteiger partial charge in [0.2, 0.25) is 5.91 Å². The monoisotopic (exact) mass is 916 g/mol. The molecule has 1 aliphatic carbocycles. The number of likely N-dealkylation sites (tertiary alicyclic amines) is 1. The van der Waals surface area contributed by atoms with Crippen LogP contribution in [0, 0.1) is 5.82 Å². The number of carbonyl (C=O) groups excluding carboxylic acids is 4. The van der Waals surface area contributed by atoms with Gasteiger partial charge < -0.3 is 29.1 Å². The number of rotatable bonds is 14. The molecule has 64 heavy (non-hydrogen) atoms. The van der Waals surface area contributed by atoms with Crippen LogP contribution in [-0.2, 0) is 44.1 Å². The van der Waals surface area contributed by atoms with Crippen LogP contribution in [0.1, 0.15) is 83.2 Å². The van der Waals surface area contributed by atoms with Gasteiger partial charge in [-0.3, -0.25) is 19.2 Å². The van der Waals surface area contributed by atoms with E-state index < -0.39 is 53.1 Å². The third-order valence-electron chi connectivity index (χ3n) is 12.7. The molecule has 1 spiro atoms. The fourth-order valence-corrected chi connectivity index (χ4v) is 9.88. The van der Waals surface area contributed by atoms with E-state index in [-0.39, 0.29) is 49.0 Å². The molecule has 0 radical (unpaired) electrons. The van der Waals surface area contributed by atoms with Crippen molar-refractivity contribution >= 4 is 35.3 Å². The summed E-state index contributed by atoms with van der Waals surface area (Å²) >= 11 is 1.13. The van der Waals surface area contributed by atoms with Crippen molar-refractivity contribution < 1.29 is 59.4 Å². The number of halogens is 7. The molecule has 7 rings (SSSR count). The number of nitrogens with zero attached hydrogens (tertiary/aromatic N) is 4. The Labute approximate surface area is 369 Å². The van der Waals surface area contributed by atoms with Crippen molar-refractivity contribution in [1.82, 2.24) is 19.6 Å². The number of alkyl halides is 6. The van der Waals surface area contributed by atoms with E-state index in [1.807, 2.05) is 12.1 Å². The van der Waals surface area contributed by atoms with Crippen molar-refractivity contribution in [3.8, 4) is 0 Å². The van der Waals surface area contributed by atoms with E-state index in [9.17, 15) is 49.9 Å². The molecule has 3 aliphatic rings. The second-order valence-electron chi connectivity index (χ2n) is 16.7. The van der Waals surface area contributed by atoms with Crippen molar-refractivity contribution in [1.29, 1.82) is 0 Å². The molecule has 0 N–H and O–H groups in total. The predicted octanol–water partition coefficient (Wildman–Crippen LogP) is 8.05. The van der Waals surface area contributed by atoms with E-state index in [1.165, 1.54) is 29.8 Å². The fourth-order valence-electron chi connectivity index (χ4n) is 9.07. The van der Waals surface area contributed by atoms with Gasteiger partial charge in [0, 0.05) is 44.7 Å². The minimum atomic E-state index is -5.14. The molecule has 2 atom stereocenters. The van der Waals surface area contributed by atoms with Gasteiger partial charge >= 0.3 is 12.4 Å². The van der Waals surface area contributed by atoms with Crippen LogP contribution in [0.3, 0.4) is 0 Å². The lowest BCUT2D eigenvalue weighted by molar-refractivity contribution is -0.143. The summed E-state index contributed by atoms with van der Waals surface area (Å²) in [7, 11) is 3.37. The van der Waals surface area contributed by atoms with Gasteiger partial charge in [-0.25, -0.2) is 4.39 Å². The third kappa shape index (κ3) is 10.0. The lowest BCUT2D eigenvalue weighted by atomic mass is 9.72. The van der Waals surface area contributed by atoms with E-state index >= 15 is 0 Å². The Balaban J connectivity index is 0.983. The van der Waals surface area contributed by atoms with Gasteiger partial charge in [-0.1, -0.05) is 36.4 Å². The highest BCUT2D eigenvalue weighted by Gasteiger charge is 2.50. The summed E-state index contributed by atoms with van der Waals surface area (Å²) in [6.45, 7) is 1.71. The summed E-state index contributed by atoms with van der Waals surface area (Å²) in [6, 6.07) is 17.5. The average Bonchev–Trinajstić information content (AvgIpc) is 4.01. The molecule has 3 amide bonds. The highest BCUT2D eigenvalue weighted by Crippen LogP contribution is 2.48. The number of ether oxygens (including phenoxy) is 2. The highest BCUT2D eigenvalue weighted by molar-refractivity contribution is 7.15. The smallest absolute Gasteiger partial charge is 0.367 e. The third-order valence-corrected chi connectivity index (χ3v) is 13.7. The Kier molecular flexibility index (Phi) is 13.7. The summed E-state index contributed by atoms with van der Waals surface area (Å²) in [5.41, 5.74) is -2.82. The molecule has 4 aromatic rings. The van der Waals surface area contributed by atoms with E-state index in [2.05, 4.69) is 17.0 Å². The molecule has 0 bridgehead atoms. The lowest BCUT2D eigenvalue weighted by Crippen LogP contribution is -2.50. The maximum atomic E-state index is 14.1. The topological polar surface area (TPSA) is 99.7 Å². The molecule has 10 nitrogen and oxygen atoms in total. The van der Waals surface area contributed by atoms with Crippen molar-refractivity contribution in [2.75, 3.05) is 66.7 Å². The van der Waals surface area contributed by atoms with Crippen LogP contribution in [0.5, 0.6) is 0 Å². The summed E-state index contributed by atoms with van der Waals surface area (Å²) < 4.78 is 109. The van der Waals surface area contributed by atoms with Gasteiger partial charge in [0.05, 0.1) is 33.5 Å². The standard InChI is InChI=1S/C46H47F7N4O6S/c1-54(17-5-18-55(2)42(61)38-13-12-36(26-58)64-38)40(59)27-62-39-24-30-6-3-4-7-37(30)43(39)14-19-56(20-15-43)21-16-44(32-8-10-35(47)11-9-32)28-57(29-63-44)41(60)31-22-33(45(48,49)50)25-34(23-31)46(51,52)53/h3-4,6-13,22-23,25-26,39H,5,14-21,24,27-29H2,1-2H3/t39-,44+/m0/s1. The number of likely N-dealkylation sites (N-methyl/N-ethyl adjacent to an activating group) is 1. The SMILES string of the molecule is CN(CCCN(C)C(=O)c1ccc(C=O)s1)C(=O)CO[C@H]1Cc2ccccc2C12CCN(CC[C@]1(c3ccc(F)cc3)CN(C(=O)c3cc(C(F)(F)F)cc(C(F)(F)F)c3)CO1)CC2. The second kappa shape index (κ2) is 18.7. The predicted molar refractivity (Wildman–Crippen MR) is 222 cm³/mol. The minimum absolute atomic E-state index is 0.0319. The molecule has 18 heteroatoms. The first-order valence-corrected chi connectivity index (χ1v) is 21.6. The summed E-state index contributed by atoms with van der Waals surface area (Å²) in [4.78, 5) is 58.1. The number of carbonyl (C=O) groups is 4. The molecule has 3 heterocycles. The maximum Gasteiger partial charge on any atom is 0.416 e. The number of piperidine rings is 1. The number of aldehydes is 1. The van der Waals surface area contributed by atoms with Gasteiger partial charge in [0.1, 0.15) is 24.8 Å². The Bertz CT molecular complexity index is 2310. The molecular weight excluding hydrogens is 870 g/mol.